The number of aromatic amines is 1. The van der Waals surface area contributed by atoms with Gasteiger partial charge in [0.25, 0.3) is 0 Å². The number of β-amino-alcohol motifs (C(OH)–C–C–N with tert-alkyl or cyclic N) is 1. The maximum Gasteiger partial charge on any atom is 0.173 e. The molecule has 2 aliphatic carbocycles. The summed E-state index contributed by atoms with van der Waals surface area (Å²) in [5.74, 6) is 5.51. The van der Waals surface area contributed by atoms with Crippen LogP contribution in [0.15, 0.2) is 109 Å². The fraction of sp³-hybridized carbons (Fsp3) is 0.500. The molecule has 9 bridgehead atoms. The fourth-order valence-corrected chi connectivity index (χ4v) is 13.5. The first-order valence-corrected chi connectivity index (χ1v) is 29.7. The Morgan fingerprint density at radius 2 is 1.68 bits per heavy atom. The number of methoxy groups -OCH3 is 1. The number of H-pyrrole nitrogens is 1. The molecule has 2 aliphatic heterocycles. The van der Waals surface area contributed by atoms with Crippen molar-refractivity contribution in [2.24, 2.45) is 41.4 Å². The highest BCUT2D eigenvalue weighted by Gasteiger charge is 2.45. The van der Waals surface area contributed by atoms with E-state index in [0.29, 0.717) is 76.9 Å². The van der Waals surface area contributed by atoms with Crippen molar-refractivity contribution in [3.63, 3.8) is 0 Å². The fourth-order valence-electron chi connectivity index (χ4n) is 13.5. The van der Waals surface area contributed by atoms with E-state index >= 15 is 4.79 Å². The second kappa shape index (κ2) is 27.0. The third kappa shape index (κ3) is 14.1. The average molecular weight is 1090 g/mol. The molecule has 11 unspecified atom stereocenters. The summed E-state index contributed by atoms with van der Waals surface area (Å²) >= 11 is 0. The van der Waals surface area contributed by atoms with E-state index in [-0.39, 0.29) is 60.5 Å². The molecule has 0 radical (unpaired) electrons. The molecule has 0 saturated heterocycles. The molecule has 5 aromatic rings. The van der Waals surface area contributed by atoms with Gasteiger partial charge in [0.2, 0.25) is 0 Å². The quantitative estimate of drug-likeness (QED) is 0.0477. The number of rotatable bonds is 10. The van der Waals surface area contributed by atoms with Gasteiger partial charge in [-0.3, -0.25) is 9.59 Å². The molecule has 3 heterocycles. The largest absolute Gasteiger partial charge is 0.504 e. The van der Waals surface area contributed by atoms with Crippen LogP contribution in [0, 0.1) is 53.3 Å². The van der Waals surface area contributed by atoms with Crippen LogP contribution in [-0.2, 0) is 35.3 Å². The van der Waals surface area contributed by atoms with Gasteiger partial charge in [0, 0.05) is 68.5 Å². The number of benzene rings is 4. The number of carbonyl (C=O) groups is 2. The standard InChI is InChI=1S/C68H86N4O8/c1-6-10-58-51-30-50(29-46-19-22-59(57-12-8-7-11-45(57)16-14-41(2)3)60-37-64(77)65(80-5)34-47(60)20-23-62(75)68(79)67(78)61(46)33-51)56(13-9-26-73)48-24-25-70-66(35-48)72-53-21-18-44-17-15-43(27-49(44)31-53)28-55(74)40-69-38-42(4)52-32-54(71-39-52)36-63(58)76/h7-8,11-12,15,17-18,21,24,27,31-32,34-35,37,39,41-42,46,50-51,55-56,58-59,61,63,68-74,76-77,79H,6,9-10,13-14,16,20,23,25-26,28-30,33,36,38,40H2,1-5H3. The zero-order valence-electron chi connectivity index (χ0n) is 47.6. The smallest absolute Gasteiger partial charge is 0.173 e. The first kappa shape index (κ1) is 58.5. The number of aliphatic hydroxyl groups is 4. The van der Waals surface area contributed by atoms with Gasteiger partial charge in [-0.05, 0) is 186 Å². The minimum atomic E-state index is -1.87. The topological polar surface area (TPSA) is 196 Å². The number of aromatic nitrogens is 1. The lowest BCUT2D eigenvalue weighted by Gasteiger charge is -2.36. The molecule has 0 spiro atoms. The molecular weight excluding hydrogens is 1000 g/mol. The van der Waals surface area contributed by atoms with Gasteiger partial charge in [-0.2, -0.15) is 0 Å². The Morgan fingerprint density at radius 1 is 0.850 bits per heavy atom. The Labute approximate surface area is 473 Å². The average Bonchev–Trinajstić information content (AvgIpc) is 3.84. The minimum Gasteiger partial charge on any atom is -0.504 e. The van der Waals surface area contributed by atoms with Crippen LogP contribution in [0.4, 0.5) is 5.69 Å². The third-order valence-corrected chi connectivity index (χ3v) is 17.9. The molecule has 1 aromatic heterocycles. The van der Waals surface area contributed by atoms with Crippen molar-refractivity contribution in [3.8, 4) is 23.3 Å². The predicted molar refractivity (Wildman–Crippen MR) is 317 cm³/mol. The predicted octanol–water partition coefficient (Wildman–Crippen LogP) is 10.2. The number of anilines is 1. The maximum atomic E-state index is 15.4. The van der Waals surface area contributed by atoms with Crippen molar-refractivity contribution in [1.29, 1.82) is 0 Å². The molecule has 9 N–H and O–H groups in total. The Balaban J connectivity index is 1.20. The van der Waals surface area contributed by atoms with Gasteiger partial charge >= 0.3 is 0 Å². The summed E-state index contributed by atoms with van der Waals surface area (Å²) in [4.78, 5) is 33.2. The van der Waals surface area contributed by atoms with Crippen molar-refractivity contribution in [2.45, 2.75) is 141 Å². The Bertz CT molecular complexity index is 3070. The van der Waals surface area contributed by atoms with Gasteiger partial charge < -0.3 is 51.2 Å². The van der Waals surface area contributed by atoms with Crippen LogP contribution in [0.1, 0.15) is 136 Å². The SMILES string of the molecule is CCCC1C(O)Cc2cc(c[nH]2)C(C)CNCC(O)Cc2ccc3ccc(cc3c2)NC2=CC(=CCN2)C(CCCO)C2CC3C#CC(c4ccccc4CCC(C)C)c4cc(O)c(OC)cc4CCC(=O)C(O)C(=O)C3CC1C2. The summed E-state index contributed by atoms with van der Waals surface area (Å²) in [7, 11) is 1.49. The van der Waals surface area contributed by atoms with Crippen molar-refractivity contribution in [3.05, 3.63) is 148 Å². The van der Waals surface area contributed by atoms with Crippen molar-refractivity contribution >= 4 is 28.0 Å². The lowest BCUT2D eigenvalue weighted by molar-refractivity contribution is -0.142. The number of nitrogens with one attached hydrogen (secondary N) is 4. The summed E-state index contributed by atoms with van der Waals surface area (Å²) in [5, 5.41) is 70.9. The van der Waals surface area contributed by atoms with Gasteiger partial charge in [0.1, 0.15) is 5.82 Å². The number of hydrogen-bond acceptors (Lipinski definition) is 11. The van der Waals surface area contributed by atoms with Gasteiger partial charge in [-0.25, -0.2) is 0 Å². The zero-order valence-corrected chi connectivity index (χ0v) is 47.6. The van der Waals surface area contributed by atoms with E-state index in [4.69, 9.17) is 4.74 Å². The summed E-state index contributed by atoms with van der Waals surface area (Å²) in [6.07, 6.45) is 10.1. The molecule has 1 fully saturated rings. The molecule has 0 amide bonds. The lowest BCUT2D eigenvalue weighted by Crippen LogP contribution is -2.40. The van der Waals surface area contributed by atoms with E-state index in [1.807, 2.05) is 12.3 Å². The molecule has 426 valence electrons. The summed E-state index contributed by atoms with van der Waals surface area (Å²) in [6, 6.07) is 26.6. The van der Waals surface area contributed by atoms with E-state index < -0.39 is 47.6 Å². The first-order valence-electron chi connectivity index (χ1n) is 29.7. The molecule has 4 aromatic carbocycles. The van der Waals surface area contributed by atoms with E-state index in [9.17, 15) is 30.3 Å². The number of hydrogen-bond donors (Lipinski definition) is 9. The molecular formula is C68H86N4O8. The number of allylic oxidation sites excluding steroid dienone is 2. The molecule has 80 heavy (non-hydrogen) atoms. The van der Waals surface area contributed by atoms with E-state index in [1.54, 1.807) is 12.1 Å². The summed E-state index contributed by atoms with van der Waals surface area (Å²) in [6.45, 7) is 10.4. The summed E-state index contributed by atoms with van der Waals surface area (Å²) < 4.78 is 5.62. The number of phenols is 1. The highest BCUT2D eigenvalue weighted by Crippen LogP contribution is 2.48. The van der Waals surface area contributed by atoms with E-state index in [1.165, 1.54) is 7.11 Å². The molecule has 12 nitrogen and oxygen atoms in total. The van der Waals surface area contributed by atoms with Crippen LogP contribution in [0.5, 0.6) is 11.5 Å². The zero-order chi connectivity index (χ0) is 56.5. The highest BCUT2D eigenvalue weighted by molar-refractivity contribution is 6.06. The number of ketones is 2. The summed E-state index contributed by atoms with van der Waals surface area (Å²) in [5.41, 5.74) is 8.74. The van der Waals surface area contributed by atoms with Crippen LogP contribution in [0.25, 0.3) is 10.8 Å². The number of aliphatic hydroxyl groups excluding tert-OH is 4. The molecule has 1 saturated carbocycles. The molecule has 12 heteroatoms. The lowest BCUT2D eigenvalue weighted by atomic mass is 9.71. The van der Waals surface area contributed by atoms with Gasteiger partial charge in [0.05, 0.1) is 25.2 Å². The Kier molecular flexibility index (Phi) is 19.8. The Morgan fingerprint density at radius 3 is 2.48 bits per heavy atom. The van der Waals surface area contributed by atoms with Gasteiger partial charge in [-0.1, -0.05) is 101 Å². The van der Waals surface area contributed by atoms with Crippen LogP contribution < -0.4 is 20.7 Å². The van der Waals surface area contributed by atoms with Crippen LogP contribution in [0.2, 0.25) is 0 Å². The van der Waals surface area contributed by atoms with E-state index in [0.717, 1.165) is 86.2 Å². The van der Waals surface area contributed by atoms with Crippen LogP contribution in [0.3, 0.4) is 0 Å². The highest BCUT2D eigenvalue weighted by atomic mass is 16.5. The second-order valence-electron chi connectivity index (χ2n) is 24.0. The maximum absolute atomic E-state index is 15.4. The monoisotopic (exact) mass is 1090 g/mol. The number of fused-ring (bicyclic) bond motifs is 9. The number of ether oxygens (including phenoxy) is 1. The Hall–Kier alpha value is -6.20. The van der Waals surface area contributed by atoms with Gasteiger partial charge in [0.15, 0.2) is 29.2 Å². The number of carbonyl (C=O) groups excluding carboxylic acids is 2. The normalized spacial score (nSPS) is 27.1. The molecule has 11 atom stereocenters. The van der Waals surface area contributed by atoms with Crippen LogP contribution >= 0.6 is 0 Å². The van der Waals surface area contributed by atoms with Crippen molar-refractivity contribution in [2.75, 3.05) is 38.7 Å². The number of Topliss-reactive ketones (excluding diaryl/α,β-unsaturated/α-hetero) is 2. The first-order chi connectivity index (χ1) is 38.7. The van der Waals surface area contributed by atoms with Crippen molar-refractivity contribution in [1.82, 2.24) is 15.6 Å². The van der Waals surface area contributed by atoms with Crippen LogP contribution in [-0.4, -0.2) is 93.7 Å². The van der Waals surface area contributed by atoms with E-state index in [2.05, 4.69) is 133 Å². The number of phenolic OH excluding ortho intramolecular Hbond substituents is 1. The molecule has 4 aliphatic rings. The second-order valence-corrected chi connectivity index (χ2v) is 24.0. The number of aromatic hydroxyl groups is 1. The third-order valence-electron chi connectivity index (χ3n) is 17.9. The number of aryl methyl sites for hydroxylation is 2. The number of dihydropyridines is 1. The van der Waals surface area contributed by atoms with Crippen molar-refractivity contribution < 1.29 is 39.9 Å². The molecule has 9 rings (SSSR count). The minimum absolute atomic E-state index is 0.000676. The van der Waals surface area contributed by atoms with Gasteiger partial charge in [-0.15, -0.1) is 0 Å².